The van der Waals surface area contributed by atoms with Gasteiger partial charge < -0.3 is 10.2 Å². The van der Waals surface area contributed by atoms with Crippen molar-refractivity contribution in [3.8, 4) is 0 Å². The van der Waals surface area contributed by atoms with Crippen LogP contribution in [0.5, 0.6) is 0 Å². The average Bonchev–Trinajstić information content (AvgIpc) is 2.45. The molecule has 0 aliphatic carbocycles. The molecule has 0 fully saturated rings. The van der Waals surface area contributed by atoms with E-state index in [1.807, 2.05) is 24.0 Å². The number of aromatic nitrogens is 1. The molecule has 0 saturated heterocycles. The molecule has 0 aromatic carbocycles. The largest absolute Gasteiger partial charge is 0.369 e. The Morgan fingerprint density at radius 3 is 2.74 bits per heavy atom. The topological polar surface area (TPSA) is 45.2 Å². The molecule has 1 aromatic heterocycles. The van der Waals surface area contributed by atoms with Crippen molar-refractivity contribution in [3.05, 3.63) is 23.9 Å². The fourth-order valence-corrected chi connectivity index (χ4v) is 1.99. The number of nitrogens with zero attached hydrogens (tertiary/aromatic N) is 2. The van der Waals surface area contributed by atoms with Gasteiger partial charge in [0.25, 0.3) is 5.91 Å². The minimum Gasteiger partial charge on any atom is -0.369 e. The van der Waals surface area contributed by atoms with E-state index in [0.29, 0.717) is 11.4 Å². The third kappa shape index (κ3) is 3.94. The van der Waals surface area contributed by atoms with Crippen LogP contribution >= 0.6 is 0 Å². The van der Waals surface area contributed by atoms with Gasteiger partial charge in [-0.1, -0.05) is 13.8 Å². The highest BCUT2D eigenvalue weighted by molar-refractivity contribution is 5.98. The van der Waals surface area contributed by atoms with Crippen molar-refractivity contribution in [2.45, 2.75) is 46.6 Å². The molecule has 0 aliphatic heterocycles. The highest BCUT2D eigenvalue weighted by atomic mass is 16.2. The Bertz CT molecular complexity index is 406. The summed E-state index contributed by atoms with van der Waals surface area (Å²) in [6, 6.07) is 3.91. The molecular formula is C15H25N3O. The molecule has 0 saturated carbocycles. The summed E-state index contributed by atoms with van der Waals surface area (Å²) >= 11 is 0. The summed E-state index contributed by atoms with van der Waals surface area (Å²) < 4.78 is 0. The molecule has 1 unspecified atom stereocenters. The molecule has 19 heavy (non-hydrogen) atoms. The zero-order valence-electron chi connectivity index (χ0n) is 12.4. The second-order valence-corrected chi connectivity index (χ2v) is 4.67. The second-order valence-electron chi connectivity index (χ2n) is 4.67. The van der Waals surface area contributed by atoms with Crippen molar-refractivity contribution in [1.29, 1.82) is 0 Å². The van der Waals surface area contributed by atoms with Crippen molar-refractivity contribution in [2.75, 3.05) is 18.4 Å². The van der Waals surface area contributed by atoms with Crippen LogP contribution in [0.3, 0.4) is 0 Å². The van der Waals surface area contributed by atoms with Crippen LogP contribution in [-0.4, -0.2) is 34.9 Å². The molecule has 1 atom stereocenters. The van der Waals surface area contributed by atoms with Crippen molar-refractivity contribution >= 4 is 11.7 Å². The number of nitrogens with one attached hydrogen (secondary N) is 1. The fourth-order valence-electron chi connectivity index (χ4n) is 1.99. The molecule has 1 aromatic rings. The lowest BCUT2D eigenvalue weighted by Gasteiger charge is -2.27. The highest BCUT2D eigenvalue weighted by Crippen LogP contribution is 2.16. The third-order valence-electron chi connectivity index (χ3n) is 3.30. The Hall–Kier alpha value is -1.58. The molecule has 1 N–H and O–H groups in total. The number of hydrogen-bond donors (Lipinski definition) is 1. The van der Waals surface area contributed by atoms with Gasteiger partial charge in [-0.2, -0.15) is 0 Å². The van der Waals surface area contributed by atoms with Gasteiger partial charge in [0.2, 0.25) is 0 Å². The standard InChI is InChI=1S/C15H25N3O/c1-5-10-16-14-13(9-8-11-17-14)15(19)18(7-3)12(4)6-2/h8-9,11-12H,5-7,10H2,1-4H3,(H,16,17). The van der Waals surface area contributed by atoms with E-state index >= 15 is 0 Å². The van der Waals surface area contributed by atoms with Crippen LogP contribution in [-0.2, 0) is 0 Å². The first-order valence-corrected chi connectivity index (χ1v) is 7.15. The molecule has 1 amide bonds. The highest BCUT2D eigenvalue weighted by Gasteiger charge is 2.21. The summed E-state index contributed by atoms with van der Waals surface area (Å²) in [5.41, 5.74) is 0.665. The summed E-state index contributed by atoms with van der Waals surface area (Å²) in [5.74, 6) is 0.750. The minimum absolute atomic E-state index is 0.0588. The SMILES string of the molecule is CCCNc1ncccc1C(=O)N(CC)C(C)CC. The number of pyridine rings is 1. The summed E-state index contributed by atoms with van der Waals surface area (Å²) in [7, 11) is 0. The maximum Gasteiger partial charge on any atom is 0.257 e. The molecule has 4 nitrogen and oxygen atoms in total. The first-order chi connectivity index (χ1) is 9.15. The van der Waals surface area contributed by atoms with E-state index in [9.17, 15) is 4.79 Å². The zero-order chi connectivity index (χ0) is 14.3. The van der Waals surface area contributed by atoms with E-state index in [1.165, 1.54) is 0 Å². The predicted molar refractivity (Wildman–Crippen MR) is 79.5 cm³/mol. The van der Waals surface area contributed by atoms with Gasteiger partial charge in [-0.25, -0.2) is 4.98 Å². The summed E-state index contributed by atoms with van der Waals surface area (Å²) in [6.45, 7) is 9.83. The Morgan fingerprint density at radius 2 is 2.16 bits per heavy atom. The van der Waals surface area contributed by atoms with Gasteiger partial charge in [0.05, 0.1) is 5.56 Å². The van der Waals surface area contributed by atoms with Gasteiger partial charge in [0, 0.05) is 25.3 Å². The molecular weight excluding hydrogens is 238 g/mol. The van der Waals surface area contributed by atoms with E-state index in [2.05, 4.69) is 31.1 Å². The number of anilines is 1. The van der Waals surface area contributed by atoms with Crippen LogP contribution < -0.4 is 5.32 Å². The average molecular weight is 263 g/mol. The van der Waals surface area contributed by atoms with Crippen LogP contribution in [0.15, 0.2) is 18.3 Å². The first kappa shape index (κ1) is 15.5. The van der Waals surface area contributed by atoms with Crippen LogP contribution in [0, 0.1) is 0 Å². The first-order valence-electron chi connectivity index (χ1n) is 7.15. The lowest BCUT2D eigenvalue weighted by molar-refractivity contribution is 0.0700. The zero-order valence-corrected chi connectivity index (χ0v) is 12.4. The van der Waals surface area contributed by atoms with E-state index in [1.54, 1.807) is 6.20 Å². The van der Waals surface area contributed by atoms with Gasteiger partial charge >= 0.3 is 0 Å². The molecule has 4 heteroatoms. The third-order valence-corrected chi connectivity index (χ3v) is 3.30. The number of rotatable bonds is 7. The normalized spacial score (nSPS) is 12.0. The lowest BCUT2D eigenvalue weighted by atomic mass is 10.1. The molecule has 0 bridgehead atoms. The van der Waals surface area contributed by atoms with E-state index in [-0.39, 0.29) is 11.9 Å². The van der Waals surface area contributed by atoms with Gasteiger partial charge in [-0.3, -0.25) is 4.79 Å². The van der Waals surface area contributed by atoms with Crippen LogP contribution in [0.1, 0.15) is 50.9 Å². The van der Waals surface area contributed by atoms with Crippen LogP contribution in [0.25, 0.3) is 0 Å². The fraction of sp³-hybridized carbons (Fsp3) is 0.600. The minimum atomic E-state index is 0.0588. The van der Waals surface area contributed by atoms with E-state index in [4.69, 9.17) is 0 Å². The van der Waals surface area contributed by atoms with E-state index < -0.39 is 0 Å². The van der Waals surface area contributed by atoms with Gasteiger partial charge in [-0.15, -0.1) is 0 Å². The Morgan fingerprint density at radius 1 is 1.42 bits per heavy atom. The second kappa shape index (κ2) is 7.77. The van der Waals surface area contributed by atoms with Gasteiger partial charge in [-0.05, 0) is 38.8 Å². The van der Waals surface area contributed by atoms with Gasteiger partial charge in [0.1, 0.15) is 5.82 Å². The van der Waals surface area contributed by atoms with Crippen molar-refractivity contribution < 1.29 is 4.79 Å². The number of hydrogen-bond acceptors (Lipinski definition) is 3. The summed E-state index contributed by atoms with van der Waals surface area (Å²) in [4.78, 5) is 18.8. The molecule has 1 heterocycles. The van der Waals surface area contributed by atoms with Crippen LogP contribution in [0.2, 0.25) is 0 Å². The maximum absolute atomic E-state index is 12.6. The van der Waals surface area contributed by atoms with Gasteiger partial charge in [0.15, 0.2) is 0 Å². The molecule has 106 valence electrons. The van der Waals surface area contributed by atoms with Crippen molar-refractivity contribution in [2.24, 2.45) is 0 Å². The number of carbonyl (C=O) groups excluding carboxylic acids is 1. The Kier molecular flexibility index (Phi) is 6.33. The molecule has 0 spiro atoms. The number of carbonyl (C=O) groups is 1. The summed E-state index contributed by atoms with van der Waals surface area (Å²) in [5, 5.41) is 3.22. The quantitative estimate of drug-likeness (QED) is 0.822. The van der Waals surface area contributed by atoms with Crippen LogP contribution in [0.4, 0.5) is 5.82 Å². The van der Waals surface area contributed by atoms with E-state index in [0.717, 1.165) is 25.9 Å². The molecule has 0 aliphatic rings. The predicted octanol–water partition coefficient (Wildman–Crippen LogP) is 3.16. The Balaban J connectivity index is 2.97. The Labute approximate surface area is 116 Å². The monoisotopic (exact) mass is 263 g/mol. The molecule has 0 radical (unpaired) electrons. The van der Waals surface area contributed by atoms with Crippen molar-refractivity contribution in [1.82, 2.24) is 9.88 Å². The smallest absolute Gasteiger partial charge is 0.257 e. The van der Waals surface area contributed by atoms with Crippen molar-refractivity contribution in [3.63, 3.8) is 0 Å². The maximum atomic E-state index is 12.6. The number of amides is 1. The lowest BCUT2D eigenvalue weighted by Crippen LogP contribution is -2.38. The summed E-state index contributed by atoms with van der Waals surface area (Å²) in [6.07, 6.45) is 3.68. The molecule has 1 rings (SSSR count).